The number of rotatable bonds is 1. The summed E-state index contributed by atoms with van der Waals surface area (Å²) in [5.74, 6) is 0.0337. The number of aliphatic hydroxyl groups excluding tert-OH is 1. The lowest BCUT2D eigenvalue weighted by Gasteiger charge is -2.25. The molecule has 0 saturated heterocycles. The molecule has 0 unspecified atom stereocenters. The summed E-state index contributed by atoms with van der Waals surface area (Å²) in [4.78, 5) is 0. The zero-order chi connectivity index (χ0) is 8.27. The highest BCUT2D eigenvalue weighted by Gasteiger charge is 2.18. The van der Waals surface area contributed by atoms with E-state index < -0.39 is 0 Å². The first-order valence-electron chi connectivity index (χ1n) is 3.97. The van der Waals surface area contributed by atoms with Crippen molar-refractivity contribution < 1.29 is 5.11 Å². The molecular weight excluding hydrogens is 142 g/mol. The third kappa shape index (κ3) is 2.76. The molecule has 1 aliphatic carbocycles. The van der Waals surface area contributed by atoms with E-state index in [0.29, 0.717) is 6.04 Å². The zero-order valence-electron chi connectivity index (χ0n) is 6.51. The Hall–Kier alpha value is -0.770. The zero-order valence-corrected chi connectivity index (χ0v) is 6.51. The van der Waals surface area contributed by atoms with Gasteiger partial charge in [-0.05, 0) is 25.7 Å². The van der Waals surface area contributed by atoms with Crippen molar-refractivity contribution in [3.05, 3.63) is 0 Å². The maximum Gasteiger partial charge on any atom is 0.185 e. The minimum absolute atomic E-state index is 0.0337. The summed E-state index contributed by atoms with van der Waals surface area (Å²) < 4.78 is 0. The Kier molecular flexibility index (Phi) is 2.70. The Balaban J connectivity index is 2.22. The van der Waals surface area contributed by atoms with E-state index in [1.807, 2.05) is 0 Å². The van der Waals surface area contributed by atoms with Crippen molar-refractivity contribution in [3.63, 3.8) is 0 Å². The maximum atomic E-state index is 9.15. The Labute approximate surface area is 66.3 Å². The van der Waals surface area contributed by atoms with Gasteiger partial charge in [0.1, 0.15) is 0 Å². The van der Waals surface area contributed by atoms with Gasteiger partial charge < -0.3 is 16.2 Å². The quantitative estimate of drug-likeness (QED) is 0.313. The summed E-state index contributed by atoms with van der Waals surface area (Å²) >= 11 is 0. The van der Waals surface area contributed by atoms with Crippen LogP contribution in [-0.4, -0.2) is 23.2 Å². The summed E-state index contributed by atoms with van der Waals surface area (Å²) in [5.41, 5.74) is 5.17. The molecule has 0 aliphatic heterocycles. The van der Waals surface area contributed by atoms with Crippen molar-refractivity contribution >= 4 is 5.96 Å². The summed E-state index contributed by atoms with van der Waals surface area (Å²) in [6, 6.07) is 0.302. The van der Waals surface area contributed by atoms with Crippen molar-refractivity contribution in [1.29, 1.82) is 5.41 Å². The Morgan fingerprint density at radius 2 is 1.91 bits per heavy atom. The van der Waals surface area contributed by atoms with Gasteiger partial charge in [-0.25, -0.2) is 0 Å². The van der Waals surface area contributed by atoms with Crippen LogP contribution in [0.3, 0.4) is 0 Å². The van der Waals surface area contributed by atoms with E-state index in [9.17, 15) is 0 Å². The number of hydrogen-bond acceptors (Lipinski definition) is 2. The fraction of sp³-hybridized carbons (Fsp3) is 0.857. The molecule has 0 aromatic carbocycles. The smallest absolute Gasteiger partial charge is 0.185 e. The van der Waals surface area contributed by atoms with Crippen LogP contribution >= 0.6 is 0 Å². The first-order chi connectivity index (χ1) is 5.18. The molecule has 4 heteroatoms. The summed E-state index contributed by atoms with van der Waals surface area (Å²) in [7, 11) is 0. The molecule has 1 rings (SSSR count). The number of aliphatic hydroxyl groups is 1. The lowest BCUT2D eigenvalue weighted by Crippen LogP contribution is -2.41. The van der Waals surface area contributed by atoms with Crippen LogP contribution in [0.1, 0.15) is 25.7 Å². The topological polar surface area (TPSA) is 82.1 Å². The van der Waals surface area contributed by atoms with E-state index in [1.165, 1.54) is 0 Å². The van der Waals surface area contributed by atoms with Gasteiger partial charge in [-0.1, -0.05) is 0 Å². The highest BCUT2D eigenvalue weighted by molar-refractivity contribution is 5.74. The molecule has 0 spiro atoms. The lowest BCUT2D eigenvalue weighted by molar-refractivity contribution is 0.120. The molecule has 0 aromatic heterocycles. The molecule has 4 nitrogen and oxygen atoms in total. The van der Waals surface area contributed by atoms with Crippen LogP contribution in [0.15, 0.2) is 0 Å². The van der Waals surface area contributed by atoms with Crippen LogP contribution in [0.2, 0.25) is 0 Å². The van der Waals surface area contributed by atoms with Crippen molar-refractivity contribution in [2.75, 3.05) is 0 Å². The number of nitrogens with two attached hydrogens (primary N) is 1. The first-order valence-corrected chi connectivity index (χ1v) is 3.97. The van der Waals surface area contributed by atoms with Crippen LogP contribution in [-0.2, 0) is 0 Å². The van der Waals surface area contributed by atoms with Crippen LogP contribution in [0.5, 0.6) is 0 Å². The summed E-state index contributed by atoms with van der Waals surface area (Å²) in [6.45, 7) is 0. The van der Waals surface area contributed by atoms with Gasteiger partial charge in [0.2, 0.25) is 0 Å². The monoisotopic (exact) mass is 157 g/mol. The van der Waals surface area contributed by atoms with Gasteiger partial charge in [0, 0.05) is 6.04 Å². The highest BCUT2D eigenvalue weighted by atomic mass is 16.3. The molecule has 1 saturated carbocycles. The molecule has 0 heterocycles. The van der Waals surface area contributed by atoms with Crippen molar-refractivity contribution in [3.8, 4) is 0 Å². The van der Waals surface area contributed by atoms with Gasteiger partial charge in [0.05, 0.1) is 6.10 Å². The standard InChI is InChI=1S/C7H15N3O/c8-7(9)10-5-1-3-6(11)4-2-5/h5-6,11H,1-4H2,(H4,8,9,10)/t5-,6-. The average molecular weight is 157 g/mol. The number of nitrogens with one attached hydrogen (secondary N) is 2. The van der Waals surface area contributed by atoms with Gasteiger partial charge in [-0.15, -0.1) is 0 Å². The lowest BCUT2D eigenvalue weighted by atomic mass is 9.93. The van der Waals surface area contributed by atoms with E-state index in [1.54, 1.807) is 0 Å². The molecule has 0 radical (unpaired) electrons. The third-order valence-corrected chi connectivity index (χ3v) is 2.06. The maximum absolute atomic E-state index is 9.15. The second-order valence-electron chi connectivity index (χ2n) is 3.06. The van der Waals surface area contributed by atoms with Crippen molar-refractivity contribution in [2.45, 2.75) is 37.8 Å². The normalized spacial score (nSPS) is 31.4. The van der Waals surface area contributed by atoms with E-state index in [2.05, 4.69) is 5.32 Å². The number of hydrogen-bond donors (Lipinski definition) is 4. The van der Waals surface area contributed by atoms with Crippen molar-refractivity contribution in [2.24, 2.45) is 5.73 Å². The van der Waals surface area contributed by atoms with Gasteiger partial charge in [-0.2, -0.15) is 0 Å². The Bertz CT molecular complexity index is 141. The minimum Gasteiger partial charge on any atom is -0.393 e. The molecule has 64 valence electrons. The highest BCUT2D eigenvalue weighted by Crippen LogP contribution is 2.17. The third-order valence-electron chi connectivity index (χ3n) is 2.06. The summed E-state index contributed by atoms with van der Waals surface area (Å²) in [5, 5.41) is 19.0. The van der Waals surface area contributed by atoms with Gasteiger partial charge in [0.25, 0.3) is 0 Å². The predicted octanol–water partition coefficient (Wildman–Crippen LogP) is -0.227. The Morgan fingerprint density at radius 1 is 1.36 bits per heavy atom. The molecule has 1 aliphatic rings. The molecule has 1 fully saturated rings. The Morgan fingerprint density at radius 3 is 2.36 bits per heavy atom. The van der Waals surface area contributed by atoms with E-state index in [4.69, 9.17) is 16.2 Å². The number of guanidine groups is 1. The van der Waals surface area contributed by atoms with Crippen LogP contribution in [0.4, 0.5) is 0 Å². The fourth-order valence-electron chi connectivity index (χ4n) is 1.44. The molecule has 0 bridgehead atoms. The largest absolute Gasteiger partial charge is 0.393 e. The second kappa shape index (κ2) is 3.57. The summed E-state index contributed by atoms with van der Waals surface area (Å²) in [6.07, 6.45) is 3.34. The average Bonchev–Trinajstić information content (AvgIpc) is 1.93. The minimum atomic E-state index is -0.139. The van der Waals surface area contributed by atoms with Crippen LogP contribution in [0.25, 0.3) is 0 Å². The second-order valence-corrected chi connectivity index (χ2v) is 3.06. The van der Waals surface area contributed by atoms with Gasteiger partial charge >= 0.3 is 0 Å². The fourth-order valence-corrected chi connectivity index (χ4v) is 1.44. The molecule has 0 amide bonds. The molecule has 5 N–H and O–H groups in total. The van der Waals surface area contributed by atoms with Gasteiger partial charge in [0.15, 0.2) is 5.96 Å². The SMILES string of the molecule is N=C(N)N[C@H]1CC[C@H](O)CC1. The molecular formula is C7H15N3O. The van der Waals surface area contributed by atoms with Gasteiger partial charge in [-0.3, -0.25) is 5.41 Å². The molecule has 0 atom stereocenters. The van der Waals surface area contributed by atoms with Crippen molar-refractivity contribution in [1.82, 2.24) is 5.32 Å². The molecule has 0 aromatic rings. The predicted molar refractivity (Wildman–Crippen MR) is 43.3 cm³/mol. The van der Waals surface area contributed by atoms with E-state index in [0.717, 1.165) is 25.7 Å². The molecule has 11 heavy (non-hydrogen) atoms. The van der Waals surface area contributed by atoms with Crippen LogP contribution in [0, 0.1) is 5.41 Å². The van der Waals surface area contributed by atoms with E-state index in [-0.39, 0.29) is 12.1 Å². The van der Waals surface area contributed by atoms with E-state index >= 15 is 0 Å². The first kappa shape index (κ1) is 8.33. The van der Waals surface area contributed by atoms with Crippen LogP contribution < -0.4 is 11.1 Å².